The Morgan fingerprint density at radius 1 is 1.28 bits per heavy atom. The fourth-order valence-corrected chi connectivity index (χ4v) is 3.38. The van der Waals surface area contributed by atoms with Crippen LogP contribution in [0.15, 0.2) is 35.3 Å². The first-order valence-corrected chi connectivity index (χ1v) is 8.95. The summed E-state index contributed by atoms with van der Waals surface area (Å²) in [6.07, 6.45) is 0.994. The van der Waals surface area contributed by atoms with Gasteiger partial charge in [0.05, 0.1) is 12.2 Å². The fourth-order valence-electron chi connectivity index (χ4n) is 2.36. The van der Waals surface area contributed by atoms with E-state index in [1.807, 2.05) is 48.5 Å². The highest BCUT2D eigenvalue weighted by molar-refractivity contribution is 14.0. The third-order valence-corrected chi connectivity index (χ3v) is 4.62. The molecule has 0 aliphatic carbocycles. The lowest BCUT2D eigenvalue weighted by atomic mass is 10.2. The number of pyridine rings is 1. The van der Waals surface area contributed by atoms with Crippen LogP contribution in [0.2, 0.25) is 0 Å². The van der Waals surface area contributed by atoms with Crippen molar-refractivity contribution >= 4 is 47.1 Å². The van der Waals surface area contributed by atoms with Gasteiger partial charge in [-0.2, -0.15) is 0 Å². The Kier molecular flexibility index (Phi) is 9.20. The highest BCUT2D eigenvalue weighted by atomic mass is 127. The molecule has 0 saturated carbocycles. The summed E-state index contributed by atoms with van der Waals surface area (Å²) in [5.74, 6) is 1.76. The molecule has 2 rings (SSSR count). The number of anilines is 1. The Morgan fingerprint density at radius 2 is 2.04 bits per heavy atom. The summed E-state index contributed by atoms with van der Waals surface area (Å²) in [6.45, 7) is 4.96. The number of hydrogen-bond donors (Lipinski definition) is 2. The average Bonchev–Trinajstić information content (AvgIpc) is 2.96. The monoisotopic (exact) mass is 473 g/mol. The Hall–Kier alpha value is -1.35. The largest absolute Gasteiger partial charge is 0.363 e. The predicted molar refractivity (Wildman–Crippen MR) is 120 cm³/mol. The Bertz CT molecular complexity index is 684. The molecule has 2 aromatic rings. The van der Waals surface area contributed by atoms with Gasteiger partial charge >= 0.3 is 0 Å². The molecule has 2 heterocycles. The number of rotatable bonds is 6. The molecule has 0 aliphatic rings. The van der Waals surface area contributed by atoms with Crippen LogP contribution in [0.3, 0.4) is 0 Å². The van der Waals surface area contributed by atoms with Crippen molar-refractivity contribution < 1.29 is 0 Å². The molecule has 0 bridgehead atoms. The Morgan fingerprint density at radius 3 is 2.64 bits per heavy atom. The molecule has 25 heavy (non-hydrogen) atoms. The third-order valence-electron chi connectivity index (χ3n) is 3.60. The van der Waals surface area contributed by atoms with Crippen molar-refractivity contribution in [3.8, 4) is 0 Å². The van der Waals surface area contributed by atoms with Crippen LogP contribution in [0.4, 0.5) is 5.82 Å². The van der Waals surface area contributed by atoms with Crippen molar-refractivity contribution in [3.63, 3.8) is 0 Å². The third kappa shape index (κ3) is 7.19. The summed E-state index contributed by atoms with van der Waals surface area (Å²) in [5, 5.41) is 6.77. The normalized spacial score (nSPS) is 12.3. The lowest BCUT2D eigenvalue weighted by molar-refractivity contribution is 0.643. The minimum atomic E-state index is 0. The Balaban J connectivity index is 0.00000312. The van der Waals surface area contributed by atoms with Gasteiger partial charge in [0, 0.05) is 43.4 Å². The molecule has 5 nitrogen and oxygen atoms in total. The van der Waals surface area contributed by atoms with E-state index in [1.54, 1.807) is 7.05 Å². The van der Waals surface area contributed by atoms with E-state index in [0.29, 0.717) is 12.6 Å². The number of hydrogen-bond acceptors (Lipinski definition) is 4. The zero-order valence-corrected chi connectivity index (χ0v) is 18.7. The quantitative estimate of drug-likeness (QED) is 0.384. The second-order valence-electron chi connectivity index (χ2n) is 6.07. The van der Waals surface area contributed by atoms with Crippen molar-refractivity contribution in [1.82, 2.24) is 15.6 Å². The van der Waals surface area contributed by atoms with Gasteiger partial charge in [0.25, 0.3) is 0 Å². The molecule has 0 saturated heterocycles. The zero-order valence-electron chi connectivity index (χ0n) is 15.5. The molecule has 1 unspecified atom stereocenters. The van der Waals surface area contributed by atoms with Crippen LogP contribution in [0.5, 0.6) is 0 Å². The highest BCUT2D eigenvalue weighted by Gasteiger charge is 2.08. The molecule has 7 heteroatoms. The number of halogens is 1. The van der Waals surface area contributed by atoms with E-state index < -0.39 is 0 Å². The molecule has 2 N–H and O–H groups in total. The van der Waals surface area contributed by atoms with Crippen LogP contribution in [0.25, 0.3) is 0 Å². The minimum Gasteiger partial charge on any atom is -0.363 e. The molecule has 0 spiro atoms. The lowest BCUT2D eigenvalue weighted by Gasteiger charge is -2.18. The number of thiophene rings is 1. The van der Waals surface area contributed by atoms with E-state index in [0.717, 1.165) is 23.9 Å². The average molecular weight is 473 g/mol. The molecule has 0 aromatic carbocycles. The van der Waals surface area contributed by atoms with Gasteiger partial charge in [-0.1, -0.05) is 6.07 Å². The number of aromatic nitrogens is 1. The van der Waals surface area contributed by atoms with Crippen molar-refractivity contribution in [2.24, 2.45) is 4.99 Å². The van der Waals surface area contributed by atoms with Crippen LogP contribution in [-0.2, 0) is 13.0 Å². The summed E-state index contributed by atoms with van der Waals surface area (Å²) >= 11 is 1.85. The van der Waals surface area contributed by atoms with Gasteiger partial charge in [-0.15, -0.1) is 35.3 Å². The van der Waals surface area contributed by atoms with Gasteiger partial charge in [-0.3, -0.25) is 4.99 Å². The van der Waals surface area contributed by atoms with Crippen LogP contribution in [-0.4, -0.2) is 38.1 Å². The van der Waals surface area contributed by atoms with Gasteiger partial charge in [-0.05, 0) is 38.1 Å². The topological polar surface area (TPSA) is 52.6 Å². The van der Waals surface area contributed by atoms with Gasteiger partial charge in [-0.25, -0.2) is 4.98 Å². The summed E-state index contributed by atoms with van der Waals surface area (Å²) in [7, 11) is 5.78. The van der Waals surface area contributed by atoms with Crippen molar-refractivity contribution in [2.45, 2.75) is 32.9 Å². The molecular formula is C18H28IN5S. The van der Waals surface area contributed by atoms with Gasteiger partial charge < -0.3 is 15.5 Å². The maximum atomic E-state index is 4.61. The molecule has 0 aliphatic heterocycles. The van der Waals surface area contributed by atoms with E-state index in [4.69, 9.17) is 0 Å². The molecule has 0 fully saturated rings. The van der Waals surface area contributed by atoms with Crippen LogP contribution < -0.4 is 15.5 Å². The van der Waals surface area contributed by atoms with E-state index in [-0.39, 0.29) is 24.0 Å². The smallest absolute Gasteiger partial charge is 0.191 e. The molecule has 2 aromatic heterocycles. The number of aliphatic imine (C=N–C) groups is 1. The van der Waals surface area contributed by atoms with E-state index in [1.165, 1.54) is 9.75 Å². The summed E-state index contributed by atoms with van der Waals surface area (Å²) in [6, 6.07) is 10.7. The number of guanidine groups is 1. The minimum absolute atomic E-state index is 0. The second-order valence-corrected chi connectivity index (χ2v) is 7.44. The number of aryl methyl sites for hydroxylation is 1. The number of nitrogens with zero attached hydrogens (tertiary/aromatic N) is 3. The maximum absolute atomic E-state index is 4.61. The van der Waals surface area contributed by atoms with E-state index in [2.05, 4.69) is 46.6 Å². The Labute approximate surface area is 172 Å². The summed E-state index contributed by atoms with van der Waals surface area (Å²) in [4.78, 5) is 13.7. The SMILES string of the molecule is CN=C(NCc1cccc(N(C)C)n1)NC(C)Cc1ccc(C)s1.I. The predicted octanol–water partition coefficient (Wildman–Crippen LogP) is 3.43. The van der Waals surface area contributed by atoms with Gasteiger partial charge in [0.15, 0.2) is 5.96 Å². The zero-order chi connectivity index (χ0) is 17.5. The molecule has 0 amide bonds. The summed E-state index contributed by atoms with van der Waals surface area (Å²) < 4.78 is 0. The second kappa shape index (κ2) is 10.6. The van der Waals surface area contributed by atoms with Crippen molar-refractivity contribution in [1.29, 1.82) is 0 Å². The molecule has 138 valence electrons. The van der Waals surface area contributed by atoms with Crippen molar-refractivity contribution in [3.05, 3.63) is 45.8 Å². The highest BCUT2D eigenvalue weighted by Crippen LogP contribution is 2.16. The van der Waals surface area contributed by atoms with Crippen LogP contribution >= 0.6 is 35.3 Å². The molecular weight excluding hydrogens is 445 g/mol. The van der Waals surface area contributed by atoms with Crippen molar-refractivity contribution in [2.75, 3.05) is 26.0 Å². The first kappa shape index (κ1) is 21.7. The maximum Gasteiger partial charge on any atom is 0.191 e. The fraction of sp³-hybridized carbons (Fsp3) is 0.444. The van der Waals surface area contributed by atoms with Crippen LogP contribution in [0, 0.1) is 6.92 Å². The first-order valence-electron chi connectivity index (χ1n) is 8.13. The van der Waals surface area contributed by atoms with Gasteiger partial charge in [0.2, 0.25) is 0 Å². The standard InChI is InChI=1S/C18H27N5S.HI/c1-13(11-16-10-9-14(2)24-16)21-18(19-3)20-12-15-7-6-8-17(22-15)23(4)5;/h6-10,13H,11-12H2,1-5H3,(H2,19,20,21);1H. The van der Waals surface area contributed by atoms with Crippen LogP contribution in [0.1, 0.15) is 22.4 Å². The number of nitrogens with one attached hydrogen (secondary N) is 2. The van der Waals surface area contributed by atoms with Gasteiger partial charge in [0.1, 0.15) is 5.82 Å². The molecule has 0 radical (unpaired) electrons. The van der Waals surface area contributed by atoms with E-state index in [9.17, 15) is 0 Å². The lowest BCUT2D eigenvalue weighted by Crippen LogP contribution is -2.42. The first-order chi connectivity index (χ1) is 11.5. The summed E-state index contributed by atoms with van der Waals surface area (Å²) in [5.41, 5.74) is 0.991. The van der Waals surface area contributed by atoms with E-state index >= 15 is 0 Å². The molecule has 1 atom stereocenters.